The first-order chi connectivity index (χ1) is 8.63. The molecule has 0 spiro atoms. The molecule has 98 valence electrons. The van der Waals surface area contributed by atoms with E-state index in [-0.39, 0.29) is 11.9 Å². The number of nitrogens with one attached hydrogen (secondary N) is 1. The fourth-order valence-electron chi connectivity index (χ4n) is 2.23. The van der Waals surface area contributed by atoms with Crippen molar-refractivity contribution in [2.24, 2.45) is 0 Å². The quantitative estimate of drug-likeness (QED) is 0.889. The molecule has 4 heteroatoms. The van der Waals surface area contributed by atoms with Gasteiger partial charge in [0.25, 0.3) is 0 Å². The van der Waals surface area contributed by atoms with Crippen molar-refractivity contribution in [2.75, 3.05) is 13.6 Å². The summed E-state index contributed by atoms with van der Waals surface area (Å²) in [6.07, 6.45) is 2.34. The van der Waals surface area contributed by atoms with Gasteiger partial charge < -0.3 is 5.32 Å². The van der Waals surface area contributed by atoms with Crippen LogP contribution in [0.4, 0.5) is 0 Å². The molecular weight excluding hydrogens is 248 g/mol. The molecule has 0 saturated heterocycles. The average molecular weight is 267 g/mol. The zero-order valence-corrected chi connectivity index (χ0v) is 11.6. The Labute approximate surface area is 113 Å². The molecule has 1 fully saturated rings. The van der Waals surface area contributed by atoms with Gasteiger partial charge in [0.1, 0.15) is 0 Å². The van der Waals surface area contributed by atoms with E-state index in [9.17, 15) is 4.79 Å². The minimum Gasteiger partial charge on any atom is -0.358 e. The number of hydrogen-bond acceptors (Lipinski definition) is 2. The van der Waals surface area contributed by atoms with E-state index < -0.39 is 0 Å². The van der Waals surface area contributed by atoms with Crippen molar-refractivity contribution in [1.29, 1.82) is 0 Å². The minimum atomic E-state index is 0.0563. The zero-order valence-electron chi connectivity index (χ0n) is 10.8. The molecule has 0 aliphatic heterocycles. The highest BCUT2D eigenvalue weighted by atomic mass is 35.5. The second kappa shape index (κ2) is 5.72. The third kappa shape index (κ3) is 3.03. The van der Waals surface area contributed by atoms with Crippen LogP contribution in [0.1, 0.15) is 31.4 Å². The Hall–Kier alpha value is -1.06. The summed E-state index contributed by atoms with van der Waals surface area (Å²) >= 11 is 6.23. The standard InChI is InChI=1S/C14H19ClN2O/c1-10(12-5-3-4-6-13(12)15)17(11-7-8-11)9-14(18)16-2/h3-6,10-11H,7-9H2,1-2H3,(H,16,18). The topological polar surface area (TPSA) is 32.3 Å². The van der Waals surface area contributed by atoms with Crippen LogP contribution in [0.15, 0.2) is 24.3 Å². The van der Waals surface area contributed by atoms with Crippen molar-refractivity contribution in [3.8, 4) is 0 Å². The Kier molecular flexibility index (Phi) is 4.25. The van der Waals surface area contributed by atoms with Crippen molar-refractivity contribution in [3.63, 3.8) is 0 Å². The molecule has 1 N–H and O–H groups in total. The molecule has 1 saturated carbocycles. The molecule has 0 radical (unpaired) electrons. The molecule has 0 aromatic heterocycles. The minimum absolute atomic E-state index is 0.0563. The van der Waals surface area contributed by atoms with E-state index in [1.165, 1.54) is 12.8 Å². The highest BCUT2D eigenvalue weighted by Crippen LogP contribution is 2.35. The van der Waals surface area contributed by atoms with Crippen LogP contribution in [0, 0.1) is 0 Å². The van der Waals surface area contributed by atoms with Crippen LogP contribution in [-0.2, 0) is 4.79 Å². The number of hydrogen-bond donors (Lipinski definition) is 1. The van der Waals surface area contributed by atoms with E-state index in [0.29, 0.717) is 12.6 Å². The lowest BCUT2D eigenvalue weighted by Crippen LogP contribution is -2.38. The number of halogens is 1. The first kappa shape index (κ1) is 13.4. The van der Waals surface area contributed by atoms with Crippen molar-refractivity contribution in [3.05, 3.63) is 34.9 Å². The van der Waals surface area contributed by atoms with E-state index in [0.717, 1.165) is 10.6 Å². The summed E-state index contributed by atoms with van der Waals surface area (Å²) in [5, 5.41) is 3.46. The molecule has 1 aliphatic rings. The second-order valence-corrected chi connectivity index (χ2v) is 5.18. The van der Waals surface area contributed by atoms with Gasteiger partial charge in [-0.2, -0.15) is 0 Å². The number of rotatable bonds is 5. The van der Waals surface area contributed by atoms with E-state index in [2.05, 4.69) is 17.1 Å². The molecule has 1 amide bonds. The number of carbonyl (C=O) groups is 1. The van der Waals surface area contributed by atoms with Gasteiger partial charge in [-0.1, -0.05) is 29.8 Å². The van der Waals surface area contributed by atoms with Crippen molar-refractivity contribution >= 4 is 17.5 Å². The maximum atomic E-state index is 11.6. The first-order valence-corrected chi connectivity index (χ1v) is 6.72. The molecule has 1 aliphatic carbocycles. The number of nitrogens with zero attached hydrogens (tertiary/aromatic N) is 1. The van der Waals surface area contributed by atoms with Gasteiger partial charge in [0, 0.05) is 24.2 Å². The predicted octanol–water partition coefficient (Wildman–Crippen LogP) is 2.61. The highest BCUT2D eigenvalue weighted by molar-refractivity contribution is 6.31. The Morgan fingerprint density at radius 2 is 2.17 bits per heavy atom. The Morgan fingerprint density at radius 3 is 2.72 bits per heavy atom. The van der Waals surface area contributed by atoms with Gasteiger partial charge in [-0.15, -0.1) is 0 Å². The molecule has 3 nitrogen and oxygen atoms in total. The Bertz CT molecular complexity index is 432. The van der Waals surface area contributed by atoms with Gasteiger partial charge in [-0.3, -0.25) is 9.69 Å². The number of amides is 1. The highest BCUT2D eigenvalue weighted by Gasteiger charge is 2.34. The smallest absolute Gasteiger partial charge is 0.233 e. The molecule has 0 bridgehead atoms. The number of carbonyl (C=O) groups excluding carboxylic acids is 1. The van der Waals surface area contributed by atoms with E-state index in [1.54, 1.807) is 7.05 Å². The average Bonchev–Trinajstić information content (AvgIpc) is 3.19. The van der Waals surface area contributed by atoms with Gasteiger partial charge in [0.2, 0.25) is 5.91 Å². The lowest BCUT2D eigenvalue weighted by atomic mass is 10.1. The Balaban J connectivity index is 2.15. The third-order valence-electron chi connectivity index (χ3n) is 3.47. The third-order valence-corrected chi connectivity index (χ3v) is 3.82. The van der Waals surface area contributed by atoms with E-state index in [1.807, 2.05) is 24.3 Å². The maximum Gasteiger partial charge on any atom is 0.233 e. The molecule has 18 heavy (non-hydrogen) atoms. The molecule has 1 aromatic carbocycles. The second-order valence-electron chi connectivity index (χ2n) is 4.77. The number of benzene rings is 1. The first-order valence-electron chi connectivity index (χ1n) is 6.34. The van der Waals surface area contributed by atoms with Crippen LogP contribution in [0.2, 0.25) is 5.02 Å². The van der Waals surface area contributed by atoms with Crippen LogP contribution in [0.3, 0.4) is 0 Å². The van der Waals surface area contributed by atoms with Gasteiger partial charge >= 0.3 is 0 Å². The molecule has 1 aromatic rings. The van der Waals surface area contributed by atoms with Crippen LogP contribution >= 0.6 is 11.6 Å². The SMILES string of the molecule is CNC(=O)CN(C1CC1)C(C)c1ccccc1Cl. The molecule has 1 unspecified atom stereocenters. The summed E-state index contributed by atoms with van der Waals surface area (Å²) in [5.74, 6) is 0.0563. The summed E-state index contributed by atoms with van der Waals surface area (Å²) in [5.41, 5.74) is 1.09. The van der Waals surface area contributed by atoms with E-state index >= 15 is 0 Å². The summed E-state index contributed by atoms with van der Waals surface area (Å²) in [4.78, 5) is 13.8. The summed E-state index contributed by atoms with van der Waals surface area (Å²) < 4.78 is 0. The molecular formula is C14H19ClN2O. The van der Waals surface area contributed by atoms with Gasteiger partial charge in [-0.05, 0) is 31.4 Å². The zero-order chi connectivity index (χ0) is 13.1. The maximum absolute atomic E-state index is 11.6. The fraction of sp³-hybridized carbons (Fsp3) is 0.500. The van der Waals surface area contributed by atoms with Crippen LogP contribution in [0.5, 0.6) is 0 Å². The largest absolute Gasteiger partial charge is 0.358 e. The summed E-state index contributed by atoms with van der Waals surface area (Å²) in [7, 11) is 1.67. The van der Waals surface area contributed by atoms with Gasteiger partial charge in [-0.25, -0.2) is 0 Å². The lowest BCUT2D eigenvalue weighted by Gasteiger charge is -2.29. The van der Waals surface area contributed by atoms with Gasteiger partial charge in [0.15, 0.2) is 0 Å². The summed E-state index contributed by atoms with van der Waals surface area (Å²) in [6.45, 7) is 2.55. The molecule has 1 atom stereocenters. The normalized spacial score (nSPS) is 16.7. The fourth-order valence-corrected chi connectivity index (χ4v) is 2.52. The van der Waals surface area contributed by atoms with Crippen LogP contribution in [-0.4, -0.2) is 30.4 Å². The molecule has 0 heterocycles. The summed E-state index contributed by atoms with van der Waals surface area (Å²) in [6, 6.07) is 8.54. The van der Waals surface area contributed by atoms with Crippen molar-refractivity contribution < 1.29 is 4.79 Å². The molecule has 2 rings (SSSR count). The monoisotopic (exact) mass is 266 g/mol. The van der Waals surface area contributed by atoms with Crippen molar-refractivity contribution in [1.82, 2.24) is 10.2 Å². The van der Waals surface area contributed by atoms with E-state index in [4.69, 9.17) is 11.6 Å². The van der Waals surface area contributed by atoms with Crippen molar-refractivity contribution in [2.45, 2.75) is 31.8 Å². The van der Waals surface area contributed by atoms with Crippen LogP contribution in [0.25, 0.3) is 0 Å². The lowest BCUT2D eigenvalue weighted by molar-refractivity contribution is -0.122. The van der Waals surface area contributed by atoms with Crippen LogP contribution < -0.4 is 5.32 Å². The Morgan fingerprint density at radius 1 is 1.50 bits per heavy atom. The predicted molar refractivity (Wildman–Crippen MR) is 73.7 cm³/mol. The number of likely N-dealkylation sites (N-methyl/N-ethyl adjacent to an activating group) is 1. The van der Waals surface area contributed by atoms with Gasteiger partial charge in [0.05, 0.1) is 6.54 Å².